The van der Waals surface area contributed by atoms with Crippen LogP contribution in [-0.2, 0) is 4.79 Å². The van der Waals surface area contributed by atoms with E-state index < -0.39 is 11.9 Å². The third-order valence-electron chi connectivity index (χ3n) is 3.86. The number of nitrogens with one attached hydrogen (secondary N) is 1. The van der Waals surface area contributed by atoms with Gasteiger partial charge in [0.15, 0.2) is 11.5 Å². The fourth-order valence-electron chi connectivity index (χ4n) is 2.72. The molecule has 1 aliphatic rings. The molecule has 2 aromatic carbocycles. The number of ether oxygens (including phenoxy) is 2. The molecule has 0 aromatic heterocycles. The summed E-state index contributed by atoms with van der Waals surface area (Å²) < 4.78 is 11.0. The number of carbonyl (C=O) groups is 2. The van der Waals surface area contributed by atoms with E-state index in [9.17, 15) is 9.59 Å². The second-order valence-corrected chi connectivity index (χ2v) is 7.15. The molecular weight excluding hydrogens is 403 g/mol. The first-order valence-corrected chi connectivity index (χ1v) is 9.22. The van der Waals surface area contributed by atoms with Crippen molar-refractivity contribution in [3.05, 3.63) is 57.7 Å². The summed E-state index contributed by atoms with van der Waals surface area (Å²) in [5, 5.41) is 3.32. The van der Waals surface area contributed by atoms with Gasteiger partial charge in [0.1, 0.15) is 5.70 Å². The van der Waals surface area contributed by atoms with Crippen LogP contribution < -0.4 is 19.7 Å². The van der Waals surface area contributed by atoms with Gasteiger partial charge in [0.2, 0.25) is 0 Å². The van der Waals surface area contributed by atoms with Crippen LogP contribution in [0, 0.1) is 0 Å². The van der Waals surface area contributed by atoms with E-state index in [1.807, 2.05) is 13.8 Å². The summed E-state index contributed by atoms with van der Waals surface area (Å²) in [6.45, 7) is 3.76. The van der Waals surface area contributed by atoms with Gasteiger partial charge in [0.05, 0.1) is 23.9 Å². The summed E-state index contributed by atoms with van der Waals surface area (Å²) in [5.41, 5.74) is 1.07. The number of benzene rings is 2. The number of methoxy groups -OCH3 is 1. The van der Waals surface area contributed by atoms with Crippen molar-refractivity contribution in [3.8, 4) is 11.5 Å². The van der Waals surface area contributed by atoms with Gasteiger partial charge in [-0.15, -0.1) is 0 Å². The average Bonchev–Trinajstić information content (AvgIpc) is 2.90. The number of carbonyl (C=O) groups excluding carboxylic acids is 2. The minimum atomic E-state index is -0.559. The molecule has 1 heterocycles. The summed E-state index contributed by atoms with van der Waals surface area (Å²) in [5.74, 6) is 0.352. The number of hydrogen-bond acceptors (Lipinski definition) is 4. The molecule has 0 radical (unpaired) electrons. The Hall–Kier alpha value is -2.70. The van der Waals surface area contributed by atoms with Crippen molar-refractivity contribution >= 4 is 46.9 Å². The van der Waals surface area contributed by atoms with E-state index >= 15 is 0 Å². The lowest BCUT2D eigenvalue weighted by atomic mass is 10.1. The number of rotatable bonds is 5. The van der Waals surface area contributed by atoms with Gasteiger partial charge in [-0.25, -0.2) is 9.69 Å². The van der Waals surface area contributed by atoms with Gasteiger partial charge in [0, 0.05) is 5.02 Å². The Kier molecular flexibility index (Phi) is 5.82. The molecule has 3 rings (SSSR count). The molecule has 0 atom stereocenters. The number of urea groups is 1. The lowest BCUT2D eigenvalue weighted by Crippen LogP contribution is -2.30. The Balaban J connectivity index is 1.95. The van der Waals surface area contributed by atoms with Gasteiger partial charge < -0.3 is 14.8 Å². The second-order valence-electron chi connectivity index (χ2n) is 6.31. The monoisotopic (exact) mass is 420 g/mol. The molecule has 3 amide bonds. The maximum atomic E-state index is 12.7. The number of halogens is 2. The molecule has 0 spiro atoms. The molecule has 146 valence electrons. The molecule has 2 aromatic rings. The van der Waals surface area contributed by atoms with Gasteiger partial charge in [0.25, 0.3) is 5.91 Å². The Morgan fingerprint density at radius 1 is 1.14 bits per heavy atom. The normalized spacial score (nSPS) is 15.4. The number of nitrogens with zero attached hydrogens (tertiary/aromatic N) is 1. The third-order valence-corrected chi connectivity index (χ3v) is 4.38. The predicted octanol–water partition coefficient (Wildman–Crippen LogP) is 4.89. The summed E-state index contributed by atoms with van der Waals surface area (Å²) in [4.78, 5) is 26.0. The topological polar surface area (TPSA) is 67.9 Å². The van der Waals surface area contributed by atoms with E-state index in [0.717, 1.165) is 4.90 Å². The van der Waals surface area contributed by atoms with Crippen molar-refractivity contribution in [3.63, 3.8) is 0 Å². The van der Waals surface area contributed by atoms with E-state index in [0.29, 0.717) is 32.8 Å². The van der Waals surface area contributed by atoms with Crippen LogP contribution in [0.2, 0.25) is 10.0 Å². The summed E-state index contributed by atoms with van der Waals surface area (Å²) in [6, 6.07) is 9.25. The van der Waals surface area contributed by atoms with E-state index in [1.54, 1.807) is 36.4 Å². The molecule has 1 N–H and O–H groups in total. The molecule has 1 fully saturated rings. The molecule has 1 aliphatic heterocycles. The second kappa shape index (κ2) is 8.12. The Morgan fingerprint density at radius 2 is 1.89 bits per heavy atom. The highest BCUT2D eigenvalue weighted by Crippen LogP contribution is 2.38. The Bertz CT molecular complexity index is 973. The minimum absolute atomic E-state index is 0.0856. The fourth-order valence-corrected chi connectivity index (χ4v) is 3.17. The quantitative estimate of drug-likeness (QED) is 0.552. The first-order chi connectivity index (χ1) is 13.3. The van der Waals surface area contributed by atoms with Crippen LogP contribution in [0.5, 0.6) is 11.5 Å². The zero-order valence-corrected chi connectivity index (χ0v) is 17.0. The van der Waals surface area contributed by atoms with Crippen LogP contribution in [0.25, 0.3) is 6.08 Å². The lowest BCUT2D eigenvalue weighted by Gasteiger charge is -2.15. The number of imide groups is 1. The van der Waals surface area contributed by atoms with E-state index in [1.165, 1.54) is 13.2 Å². The molecule has 6 nitrogen and oxygen atoms in total. The summed E-state index contributed by atoms with van der Waals surface area (Å²) in [7, 11) is 1.50. The van der Waals surface area contributed by atoms with Gasteiger partial charge in [-0.2, -0.15) is 0 Å². The summed E-state index contributed by atoms with van der Waals surface area (Å²) >= 11 is 12.3. The molecule has 0 saturated carbocycles. The minimum Gasteiger partial charge on any atom is -0.493 e. The number of hydrogen-bond donors (Lipinski definition) is 1. The van der Waals surface area contributed by atoms with Crippen molar-refractivity contribution in [2.45, 2.75) is 20.0 Å². The third kappa shape index (κ3) is 4.08. The molecule has 8 heteroatoms. The maximum absolute atomic E-state index is 12.7. The molecule has 28 heavy (non-hydrogen) atoms. The van der Waals surface area contributed by atoms with Gasteiger partial charge in [-0.3, -0.25) is 4.79 Å². The largest absolute Gasteiger partial charge is 0.493 e. The number of anilines is 1. The van der Waals surface area contributed by atoms with E-state index in [2.05, 4.69) is 5.32 Å². The highest BCUT2D eigenvalue weighted by Gasteiger charge is 2.35. The first-order valence-electron chi connectivity index (χ1n) is 8.47. The first kappa shape index (κ1) is 20.0. The van der Waals surface area contributed by atoms with Crippen LogP contribution in [0.4, 0.5) is 10.5 Å². The van der Waals surface area contributed by atoms with E-state index in [-0.39, 0.29) is 11.8 Å². The lowest BCUT2D eigenvalue weighted by molar-refractivity contribution is -0.113. The van der Waals surface area contributed by atoms with Crippen molar-refractivity contribution in [2.75, 3.05) is 12.0 Å². The van der Waals surface area contributed by atoms with Crippen molar-refractivity contribution in [1.82, 2.24) is 5.32 Å². The average molecular weight is 421 g/mol. The van der Waals surface area contributed by atoms with Crippen LogP contribution in [0.15, 0.2) is 42.1 Å². The van der Waals surface area contributed by atoms with Crippen LogP contribution in [-0.4, -0.2) is 25.2 Å². The molecular formula is C20H18Cl2N2O4. The van der Waals surface area contributed by atoms with Crippen LogP contribution >= 0.6 is 23.2 Å². The smallest absolute Gasteiger partial charge is 0.333 e. The molecule has 1 saturated heterocycles. The maximum Gasteiger partial charge on any atom is 0.333 e. The van der Waals surface area contributed by atoms with Crippen molar-refractivity contribution < 1.29 is 19.1 Å². The number of amides is 3. The van der Waals surface area contributed by atoms with Crippen LogP contribution in [0.1, 0.15) is 19.4 Å². The van der Waals surface area contributed by atoms with Crippen molar-refractivity contribution in [1.29, 1.82) is 0 Å². The predicted molar refractivity (Wildman–Crippen MR) is 109 cm³/mol. The SMILES string of the molecule is COc1cc(/C=C2/NC(=O)N(c3cccc(Cl)c3)C2=O)cc(Cl)c1OC(C)C. The van der Waals surface area contributed by atoms with Gasteiger partial charge in [-0.05, 0) is 55.8 Å². The molecule has 0 aliphatic carbocycles. The Morgan fingerprint density at radius 3 is 2.54 bits per heavy atom. The highest BCUT2D eigenvalue weighted by molar-refractivity contribution is 6.33. The fraction of sp³-hybridized carbons (Fsp3) is 0.200. The van der Waals surface area contributed by atoms with Gasteiger partial charge >= 0.3 is 6.03 Å². The Labute approximate surface area is 172 Å². The van der Waals surface area contributed by atoms with Crippen LogP contribution in [0.3, 0.4) is 0 Å². The van der Waals surface area contributed by atoms with Gasteiger partial charge in [-0.1, -0.05) is 29.3 Å². The standard InChI is InChI=1S/C20H18Cl2N2O4/c1-11(2)28-18-15(22)7-12(9-17(18)27-3)8-16-19(25)24(20(26)23-16)14-6-4-5-13(21)10-14/h4-11H,1-3H3,(H,23,26)/b16-8+. The van der Waals surface area contributed by atoms with Crippen molar-refractivity contribution in [2.24, 2.45) is 0 Å². The molecule has 0 bridgehead atoms. The summed E-state index contributed by atoms with van der Waals surface area (Å²) in [6.07, 6.45) is 1.44. The zero-order chi connectivity index (χ0) is 20.4. The van der Waals surface area contributed by atoms with E-state index in [4.69, 9.17) is 32.7 Å². The molecule has 0 unspecified atom stereocenters. The highest BCUT2D eigenvalue weighted by atomic mass is 35.5. The zero-order valence-electron chi connectivity index (χ0n) is 15.5.